The number of aryl methyl sites for hydroxylation is 1. The van der Waals surface area contributed by atoms with E-state index in [2.05, 4.69) is 53.5 Å². The van der Waals surface area contributed by atoms with E-state index >= 15 is 0 Å². The predicted molar refractivity (Wildman–Crippen MR) is 103 cm³/mol. The first-order valence-corrected chi connectivity index (χ1v) is 10.3. The van der Waals surface area contributed by atoms with E-state index in [1.165, 1.54) is 16.7 Å². The summed E-state index contributed by atoms with van der Waals surface area (Å²) in [6.45, 7) is 2.12. The van der Waals surface area contributed by atoms with Gasteiger partial charge < -0.3 is 4.74 Å². The normalized spacial score (nSPS) is 10.8. The minimum atomic E-state index is 0.884. The zero-order valence-electron chi connectivity index (χ0n) is 13.6. The second kappa shape index (κ2) is 8.55. The molecule has 1 heterocycles. The Bertz CT molecular complexity index is 787. The molecule has 0 unspecified atom stereocenters. The molecule has 0 radical (unpaired) electrons. The zero-order chi connectivity index (χ0) is 16.8. The zero-order valence-corrected chi connectivity index (χ0v) is 16.0. The number of hydrogen-bond acceptors (Lipinski definition) is 6. The molecule has 124 valence electrons. The SMILES string of the molecule is COc1ccc(CSc2nnc(SCc3cccc(C)c3)s2)cc1. The summed E-state index contributed by atoms with van der Waals surface area (Å²) in [4.78, 5) is 0. The Balaban J connectivity index is 1.51. The van der Waals surface area contributed by atoms with Gasteiger partial charge in [-0.25, -0.2) is 0 Å². The molecule has 3 nitrogen and oxygen atoms in total. The lowest BCUT2D eigenvalue weighted by Crippen LogP contribution is -1.84. The van der Waals surface area contributed by atoms with Crippen LogP contribution in [-0.2, 0) is 11.5 Å². The molecule has 0 aliphatic carbocycles. The summed E-state index contributed by atoms with van der Waals surface area (Å²) < 4.78 is 7.21. The number of nitrogens with zero attached hydrogens (tertiary/aromatic N) is 2. The molecule has 0 aliphatic heterocycles. The van der Waals surface area contributed by atoms with Crippen LogP contribution in [0.3, 0.4) is 0 Å². The Morgan fingerprint density at radius 2 is 1.58 bits per heavy atom. The molecule has 0 atom stereocenters. The fraction of sp³-hybridized carbons (Fsp3) is 0.222. The highest BCUT2D eigenvalue weighted by Crippen LogP contribution is 2.32. The molecule has 1 aromatic heterocycles. The van der Waals surface area contributed by atoms with Crippen LogP contribution in [0.15, 0.2) is 57.2 Å². The van der Waals surface area contributed by atoms with Gasteiger partial charge in [-0.1, -0.05) is 76.8 Å². The van der Waals surface area contributed by atoms with E-state index < -0.39 is 0 Å². The van der Waals surface area contributed by atoms with Gasteiger partial charge in [-0.05, 0) is 30.2 Å². The van der Waals surface area contributed by atoms with Gasteiger partial charge in [0.1, 0.15) is 5.75 Å². The smallest absolute Gasteiger partial charge is 0.175 e. The maximum absolute atomic E-state index is 5.18. The monoisotopic (exact) mass is 374 g/mol. The quantitative estimate of drug-likeness (QED) is 0.515. The molecule has 0 saturated heterocycles. The second-order valence-corrected chi connectivity index (χ2v) is 8.67. The van der Waals surface area contributed by atoms with E-state index in [0.717, 1.165) is 25.9 Å². The third kappa shape index (κ3) is 5.00. The number of hydrogen-bond donors (Lipinski definition) is 0. The lowest BCUT2D eigenvalue weighted by atomic mass is 10.2. The van der Waals surface area contributed by atoms with Crippen LogP contribution in [0.1, 0.15) is 16.7 Å². The van der Waals surface area contributed by atoms with Crippen molar-refractivity contribution in [2.75, 3.05) is 7.11 Å². The van der Waals surface area contributed by atoms with E-state index in [9.17, 15) is 0 Å². The number of rotatable bonds is 7. The van der Waals surface area contributed by atoms with Crippen molar-refractivity contribution in [1.29, 1.82) is 0 Å². The molecule has 0 spiro atoms. The van der Waals surface area contributed by atoms with Crippen molar-refractivity contribution >= 4 is 34.9 Å². The number of aromatic nitrogens is 2. The number of benzene rings is 2. The molecule has 24 heavy (non-hydrogen) atoms. The minimum Gasteiger partial charge on any atom is -0.497 e. The maximum Gasteiger partial charge on any atom is 0.175 e. The van der Waals surface area contributed by atoms with Crippen LogP contribution >= 0.6 is 34.9 Å². The molecule has 0 fully saturated rings. The van der Waals surface area contributed by atoms with Crippen LogP contribution in [0.5, 0.6) is 5.75 Å². The standard InChI is InChI=1S/C18H18N2OS3/c1-13-4-3-5-15(10-13)12-23-18-20-19-17(24-18)22-11-14-6-8-16(21-2)9-7-14/h3-10H,11-12H2,1-2H3. The van der Waals surface area contributed by atoms with Crippen LogP contribution in [0, 0.1) is 6.92 Å². The molecule has 0 bridgehead atoms. The third-order valence-corrected chi connectivity index (χ3v) is 6.69. The average molecular weight is 375 g/mol. The van der Waals surface area contributed by atoms with E-state index in [1.54, 1.807) is 42.0 Å². The van der Waals surface area contributed by atoms with Crippen molar-refractivity contribution < 1.29 is 4.74 Å². The summed E-state index contributed by atoms with van der Waals surface area (Å²) in [5.41, 5.74) is 3.87. The number of thioether (sulfide) groups is 2. The van der Waals surface area contributed by atoms with E-state index in [0.29, 0.717) is 0 Å². The molecule has 3 aromatic rings. The molecule has 0 aliphatic rings. The highest BCUT2D eigenvalue weighted by atomic mass is 32.2. The molecular weight excluding hydrogens is 356 g/mol. The third-order valence-electron chi connectivity index (χ3n) is 3.35. The van der Waals surface area contributed by atoms with Gasteiger partial charge >= 0.3 is 0 Å². The maximum atomic E-state index is 5.18. The summed E-state index contributed by atoms with van der Waals surface area (Å²) in [5, 5.41) is 8.56. The first-order chi connectivity index (χ1) is 11.7. The van der Waals surface area contributed by atoms with Crippen molar-refractivity contribution in [2.45, 2.75) is 27.1 Å². The summed E-state index contributed by atoms with van der Waals surface area (Å²) in [6.07, 6.45) is 0. The molecule has 2 aromatic carbocycles. The Labute approximate surface area is 154 Å². The average Bonchev–Trinajstić information content (AvgIpc) is 3.07. The van der Waals surface area contributed by atoms with Crippen LogP contribution in [0.25, 0.3) is 0 Å². The van der Waals surface area contributed by atoms with E-state index in [4.69, 9.17) is 4.74 Å². The van der Waals surface area contributed by atoms with Crippen LogP contribution in [0.2, 0.25) is 0 Å². The minimum absolute atomic E-state index is 0.884. The van der Waals surface area contributed by atoms with Crippen molar-refractivity contribution in [1.82, 2.24) is 10.2 Å². The molecule has 0 saturated carbocycles. The molecular formula is C18H18N2OS3. The summed E-state index contributed by atoms with van der Waals surface area (Å²) in [5.74, 6) is 2.70. The van der Waals surface area contributed by atoms with Crippen LogP contribution in [-0.4, -0.2) is 17.3 Å². The summed E-state index contributed by atoms with van der Waals surface area (Å²) in [6, 6.07) is 16.7. The molecule has 3 rings (SSSR count). The lowest BCUT2D eigenvalue weighted by Gasteiger charge is -2.01. The van der Waals surface area contributed by atoms with Gasteiger partial charge in [0.05, 0.1) is 7.11 Å². The lowest BCUT2D eigenvalue weighted by molar-refractivity contribution is 0.414. The van der Waals surface area contributed by atoms with E-state index in [-0.39, 0.29) is 0 Å². The topological polar surface area (TPSA) is 35.0 Å². The molecule has 6 heteroatoms. The van der Waals surface area contributed by atoms with Gasteiger partial charge in [0, 0.05) is 11.5 Å². The van der Waals surface area contributed by atoms with Gasteiger partial charge in [0.2, 0.25) is 0 Å². The van der Waals surface area contributed by atoms with Crippen LogP contribution in [0.4, 0.5) is 0 Å². The van der Waals surface area contributed by atoms with Gasteiger partial charge in [-0.2, -0.15) is 0 Å². The second-order valence-electron chi connectivity index (χ2n) is 5.25. The van der Waals surface area contributed by atoms with Gasteiger partial charge in [0.15, 0.2) is 8.68 Å². The Hall–Kier alpha value is -1.50. The van der Waals surface area contributed by atoms with Crippen molar-refractivity contribution in [3.8, 4) is 5.75 Å². The predicted octanol–water partition coefficient (Wildman–Crippen LogP) is 5.44. The van der Waals surface area contributed by atoms with Crippen LogP contribution < -0.4 is 4.74 Å². The first kappa shape index (κ1) is 17.3. The number of methoxy groups -OCH3 is 1. The fourth-order valence-corrected chi connectivity index (χ4v) is 5.05. The first-order valence-electron chi connectivity index (χ1n) is 7.50. The van der Waals surface area contributed by atoms with Gasteiger partial charge in [-0.15, -0.1) is 10.2 Å². The van der Waals surface area contributed by atoms with Crippen molar-refractivity contribution in [3.05, 3.63) is 65.2 Å². The van der Waals surface area contributed by atoms with Gasteiger partial charge in [-0.3, -0.25) is 0 Å². The van der Waals surface area contributed by atoms with E-state index in [1.807, 2.05) is 12.1 Å². The fourth-order valence-electron chi connectivity index (χ4n) is 2.13. The van der Waals surface area contributed by atoms with Crippen molar-refractivity contribution in [2.24, 2.45) is 0 Å². The summed E-state index contributed by atoms with van der Waals surface area (Å²) >= 11 is 5.13. The Morgan fingerprint density at radius 1 is 0.917 bits per heavy atom. The molecule has 0 N–H and O–H groups in total. The molecule has 0 amide bonds. The Kier molecular flexibility index (Phi) is 6.18. The highest BCUT2D eigenvalue weighted by Gasteiger charge is 2.07. The van der Waals surface area contributed by atoms with Gasteiger partial charge in [0.25, 0.3) is 0 Å². The highest BCUT2D eigenvalue weighted by molar-refractivity contribution is 8.02. The van der Waals surface area contributed by atoms with Crippen molar-refractivity contribution in [3.63, 3.8) is 0 Å². The largest absolute Gasteiger partial charge is 0.497 e. The number of ether oxygens (including phenoxy) is 1. The summed E-state index contributed by atoms with van der Waals surface area (Å²) in [7, 11) is 1.68. The Morgan fingerprint density at radius 3 is 2.21 bits per heavy atom.